The van der Waals surface area contributed by atoms with Gasteiger partial charge in [0.05, 0.1) is 6.54 Å². The molecule has 0 atom stereocenters. The molecule has 3 rings (SSSR count). The second-order valence-corrected chi connectivity index (χ2v) is 4.68. The van der Waals surface area contributed by atoms with Crippen LogP contribution in [-0.2, 0) is 6.54 Å². The maximum atomic E-state index is 5.88. The molecule has 0 spiro atoms. The average molecular weight is 329 g/mol. The van der Waals surface area contributed by atoms with Crippen LogP contribution in [0.25, 0.3) is 5.52 Å². The first-order chi connectivity index (χ1) is 8.74. The highest BCUT2D eigenvalue weighted by Gasteiger charge is 2.09. The van der Waals surface area contributed by atoms with Gasteiger partial charge in [0.1, 0.15) is 22.1 Å². The molecule has 92 valence electrons. The number of hydrogen-bond donors (Lipinski definition) is 1. The molecule has 0 bridgehead atoms. The van der Waals surface area contributed by atoms with Gasteiger partial charge in [-0.15, -0.1) is 5.10 Å². The molecule has 3 aromatic rings. The molecular formula is C10H7BrClN5O. The fourth-order valence-corrected chi connectivity index (χ4v) is 2.13. The van der Waals surface area contributed by atoms with E-state index in [2.05, 4.69) is 36.5 Å². The second-order valence-electron chi connectivity index (χ2n) is 3.53. The molecule has 0 aliphatic heterocycles. The van der Waals surface area contributed by atoms with Gasteiger partial charge >= 0.3 is 0 Å². The van der Waals surface area contributed by atoms with E-state index in [1.807, 2.05) is 12.1 Å². The third kappa shape index (κ3) is 2.06. The summed E-state index contributed by atoms with van der Waals surface area (Å²) in [5, 5.41) is 11.2. The number of halogens is 2. The Bertz CT molecular complexity index is 681. The van der Waals surface area contributed by atoms with Crippen molar-refractivity contribution in [3.05, 3.63) is 40.0 Å². The number of aromatic nitrogens is 4. The lowest BCUT2D eigenvalue weighted by molar-refractivity contribution is 0.412. The molecule has 3 aromatic heterocycles. The van der Waals surface area contributed by atoms with Crippen LogP contribution in [-0.4, -0.2) is 19.8 Å². The van der Waals surface area contributed by atoms with Crippen LogP contribution in [0.15, 0.2) is 33.6 Å². The van der Waals surface area contributed by atoms with Crippen molar-refractivity contribution >= 4 is 38.9 Å². The zero-order chi connectivity index (χ0) is 12.5. The Hall–Kier alpha value is -1.60. The van der Waals surface area contributed by atoms with E-state index in [9.17, 15) is 0 Å². The molecule has 6 nitrogen and oxygen atoms in total. The van der Waals surface area contributed by atoms with Crippen molar-refractivity contribution in [2.75, 3.05) is 5.32 Å². The van der Waals surface area contributed by atoms with Crippen LogP contribution in [0.3, 0.4) is 0 Å². The third-order valence-electron chi connectivity index (χ3n) is 2.37. The van der Waals surface area contributed by atoms with E-state index in [1.165, 1.54) is 6.26 Å². The van der Waals surface area contributed by atoms with E-state index < -0.39 is 0 Å². The van der Waals surface area contributed by atoms with Crippen LogP contribution in [0.5, 0.6) is 0 Å². The molecule has 0 unspecified atom stereocenters. The Morgan fingerprint density at radius 2 is 2.28 bits per heavy atom. The molecule has 0 aliphatic rings. The van der Waals surface area contributed by atoms with Crippen LogP contribution in [0.4, 0.5) is 5.82 Å². The van der Waals surface area contributed by atoms with E-state index in [1.54, 1.807) is 10.6 Å². The predicted octanol–water partition coefficient (Wildman–Crippen LogP) is 2.75. The number of hydrogen-bond acceptors (Lipinski definition) is 5. The number of nitrogens with one attached hydrogen (secondary N) is 1. The van der Waals surface area contributed by atoms with Gasteiger partial charge < -0.3 is 9.84 Å². The summed E-state index contributed by atoms with van der Waals surface area (Å²) in [5.41, 5.74) is 1.61. The van der Waals surface area contributed by atoms with Gasteiger partial charge in [-0.2, -0.15) is 4.98 Å². The quantitative estimate of drug-likeness (QED) is 0.800. The molecular weight excluding hydrogens is 322 g/mol. The number of nitrogens with zero attached hydrogens (tertiary/aromatic N) is 4. The summed E-state index contributed by atoms with van der Waals surface area (Å²) in [5.74, 6) is 0.642. The molecule has 0 amide bonds. The van der Waals surface area contributed by atoms with Gasteiger partial charge in [0.15, 0.2) is 5.82 Å². The average Bonchev–Trinajstić information content (AvgIpc) is 2.97. The Labute approximate surface area is 115 Å². The Kier molecular flexibility index (Phi) is 2.92. The van der Waals surface area contributed by atoms with Gasteiger partial charge in [-0.25, -0.2) is 4.52 Å². The fraction of sp³-hybridized carbons (Fsp3) is 0.100. The van der Waals surface area contributed by atoms with Crippen molar-refractivity contribution < 1.29 is 4.52 Å². The smallest absolute Gasteiger partial charge is 0.243 e. The summed E-state index contributed by atoms with van der Waals surface area (Å²) in [6.45, 7) is 0.502. The Balaban J connectivity index is 1.95. The van der Waals surface area contributed by atoms with Crippen molar-refractivity contribution in [1.82, 2.24) is 19.8 Å². The molecule has 0 aliphatic carbocycles. The summed E-state index contributed by atoms with van der Waals surface area (Å²) in [6, 6.07) is 5.55. The van der Waals surface area contributed by atoms with Crippen LogP contribution in [0, 0.1) is 0 Å². The maximum absolute atomic E-state index is 5.88. The monoisotopic (exact) mass is 327 g/mol. The second kappa shape index (κ2) is 4.58. The van der Waals surface area contributed by atoms with Crippen LogP contribution in [0.2, 0.25) is 5.28 Å². The van der Waals surface area contributed by atoms with Crippen molar-refractivity contribution in [3.63, 3.8) is 0 Å². The fourth-order valence-electron chi connectivity index (χ4n) is 1.57. The van der Waals surface area contributed by atoms with Gasteiger partial charge in [0.2, 0.25) is 5.28 Å². The highest BCUT2D eigenvalue weighted by molar-refractivity contribution is 9.10. The predicted molar refractivity (Wildman–Crippen MR) is 69.5 cm³/mol. The van der Waals surface area contributed by atoms with Crippen molar-refractivity contribution in [2.45, 2.75) is 6.54 Å². The topological polar surface area (TPSA) is 68.2 Å². The zero-order valence-corrected chi connectivity index (χ0v) is 11.3. The third-order valence-corrected chi connectivity index (χ3v) is 3.13. The van der Waals surface area contributed by atoms with E-state index in [-0.39, 0.29) is 5.28 Å². The lowest BCUT2D eigenvalue weighted by Gasteiger charge is -2.06. The molecule has 18 heavy (non-hydrogen) atoms. The molecule has 0 radical (unpaired) electrons. The van der Waals surface area contributed by atoms with Crippen LogP contribution < -0.4 is 5.32 Å². The van der Waals surface area contributed by atoms with Crippen molar-refractivity contribution in [1.29, 1.82) is 0 Å². The van der Waals surface area contributed by atoms with E-state index in [4.69, 9.17) is 16.1 Å². The molecule has 0 saturated carbocycles. The number of fused-ring (bicyclic) bond motifs is 1. The number of rotatable bonds is 3. The van der Waals surface area contributed by atoms with E-state index >= 15 is 0 Å². The summed E-state index contributed by atoms with van der Waals surface area (Å²) in [4.78, 5) is 4.16. The van der Waals surface area contributed by atoms with Gasteiger partial charge in [-0.1, -0.05) is 5.16 Å². The maximum Gasteiger partial charge on any atom is 0.243 e. The van der Waals surface area contributed by atoms with Crippen LogP contribution >= 0.6 is 27.5 Å². The van der Waals surface area contributed by atoms with Crippen molar-refractivity contribution in [3.8, 4) is 0 Å². The summed E-state index contributed by atoms with van der Waals surface area (Å²) in [7, 11) is 0. The van der Waals surface area contributed by atoms with Crippen LogP contribution in [0.1, 0.15) is 5.69 Å². The molecule has 0 fully saturated rings. The first-order valence-electron chi connectivity index (χ1n) is 5.08. The van der Waals surface area contributed by atoms with Crippen molar-refractivity contribution in [2.24, 2.45) is 0 Å². The summed E-state index contributed by atoms with van der Waals surface area (Å²) < 4.78 is 7.24. The standard InChI is InChI=1S/C10H7BrClN5O/c11-8-2-1-7-9(14-10(12)15-17(7)8)13-5-6-3-4-18-16-6/h1-4H,5H2,(H,13,14,15). The van der Waals surface area contributed by atoms with Gasteiger partial charge in [-0.05, 0) is 39.7 Å². The normalized spacial score (nSPS) is 11.0. The minimum Gasteiger partial charge on any atom is -0.364 e. The highest BCUT2D eigenvalue weighted by Crippen LogP contribution is 2.22. The zero-order valence-electron chi connectivity index (χ0n) is 8.97. The summed E-state index contributed by atoms with van der Waals surface area (Å²) in [6.07, 6.45) is 1.52. The lowest BCUT2D eigenvalue weighted by atomic mass is 10.4. The first-order valence-corrected chi connectivity index (χ1v) is 6.25. The first kappa shape index (κ1) is 11.5. The summed E-state index contributed by atoms with van der Waals surface area (Å²) >= 11 is 9.26. The van der Waals surface area contributed by atoms with Gasteiger partial charge in [0.25, 0.3) is 0 Å². The minimum absolute atomic E-state index is 0.169. The molecule has 8 heteroatoms. The minimum atomic E-state index is 0.169. The van der Waals surface area contributed by atoms with E-state index in [0.29, 0.717) is 12.4 Å². The number of anilines is 1. The van der Waals surface area contributed by atoms with Gasteiger partial charge in [0, 0.05) is 6.07 Å². The molecule has 1 N–H and O–H groups in total. The van der Waals surface area contributed by atoms with E-state index in [0.717, 1.165) is 15.8 Å². The lowest BCUT2D eigenvalue weighted by Crippen LogP contribution is -2.06. The molecule has 3 heterocycles. The molecule has 0 aromatic carbocycles. The van der Waals surface area contributed by atoms with Gasteiger partial charge in [-0.3, -0.25) is 0 Å². The Morgan fingerprint density at radius 3 is 3.06 bits per heavy atom. The largest absolute Gasteiger partial charge is 0.364 e. The molecule has 0 saturated heterocycles. The highest BCUT2D eigenvalue weighted by atomic mass is 79.9. The Morgan fingerprint density at radius 1 is 1.39 bits per heavy atom. The SMILES string of the molecule is Clc1nc(NCc2ccon2)c2ccc(Br)n2n1.